The van der Waals surface area contributed by atoms with Gasteiger partial charge in [0.1, 0.15) is 11.6 Å². The average Bonchev–Trinajstić information content (AvgIpc) is 2.41. The molecule has 20 heavy (non-hydrogen) atoms. The number of halogens is 2. The molecule has 0 saturated heterocycles. The molecule has 1 atom stereocenters. The Labute approximate surface area is 121 Å². The lowest BCUT2D eigenvalue weighted by Crippen LogP contribution is -2.30. The van der Waals surface area contributed by atoms with Crippen LogP contribution in [0.2, 0.25) is 5.02 Å². The van der Waals surface area contributed by atoms with Crippen molar-refractivity contribution in [3.05, 3.63) is 59.4 Å². The molecule has 0 aromatic heterocycles. The summed E-state index contributed by atoms with van der Waals surface area (Å²) >= 11 is 5.76. The number of rotatable bonds is 4. The van der Waals surface area contributed by atoms with E-state index in [1.807, 2.05) is 0 Å². The second kappa shape index (κ2) is 6.39. The smallest absolute Gasteiger partial charge is 0.265 e. The van der Waals surface area contributed by atoms with Gasteiger partial charge in [-0.05, 0) is 43.3 Å². The Morgan fingerprint density at radius 1 is 1.25 bits per heavy atom. The highest BCUT2D eigenvalue weighted by atomic mass is 35.5. The summed E-state index contributed by atoms with van der Waals surface area (Å²) in [5, 5.41) is 3.28. The quantitative estimate of drug-likeness (QED) is 0.929. The zero-order chi connectivity index (χ0) is 14.5. The molecule has 1 N–H and O–H groups in total. The number of nitrogens with one attached hydrogen (secondary N) is 1. The largest absolute Gasteiger partial charge is 0.481 e. The topological polar surface area (TPSA) is 38.3 Å². The number of anilines is 1. The number of benzene rings is 2. The third-order valence-electron chi connectivity index (χ3n) is 2.59. The minimum absolute atomic E-state index is 0.309. The predicted molar refractivity (Wildman–Crippen MR) is 76.6 cm³/mol. The summed E-state index contributed by atoms with van der Waals surface area (Å²) in [6, 6.07) is 12.4. The van der Waals surface area contributed by atoms with Crippen molar-refractivity contribution >= 4 is 23.2 Å². The number of carbonyl (C=O) groups excluding carboxylic acids is 1. The van der Waals surface area contributed by atoms with Crippen LogP contribution < -0.4 is 10.1 Å². The van der Waals surface area contributed by atoms with Gasteiger partial charge in [0.05, 0.1) is 0 Å². The summed E-state index contributed by atoms with van der Waals surface area (Å²) in [7, 11) is 0. The van der Waals surface area contributed by atoms with Crippen molar-refractivity contribution in [3.63, 3.8) is 0 Å². The summed E-state index contributed by atoms with van der Waals surface area (Å²) in [4.78, 5) is 11.9. The summed E-state index contributed by atoms with van der Waals surface area (Å²) in [5.41, 5.74) is 0.620. The van der Waals surface area contributed by atoms with Gasteiger partial charge in [0.2, 0.25) is 0 Å². The monoisotopic (exact) mass is 293 g/mol. The second-order valence-electron chi connectivity index (χ2n) is 4.21. The molecular weight excluding hydrogens is 281 g/mol. The van der Waals surface area contributed by atoms with E-state index in [1.54, 1.807) is 37.3 Å². The maximum Gasteiger partial charge on any atom is 0.265 e. The maximum atomic E-state index is 13.0. The first-order valence-corrected chi connectivity index (χ1v) is 6.41. The van der Waals surface area contributed by atoms with Crippen molar-refractivity contribution in [1.82, 2.24) is 0 Å². The second-order valence-corrected chi connectivity index (χ2v) is 4.65. The van der Waals surface area contributed by atoms with E-state index in [0.717, 1.165) is 0 Å². The molecule has 0 fully saturated rings. The van der Waals surface area contributed by atoms with Crippen molar-refractivity contribution in [3.8, 4) is 5.75 Å². The van der Waals surface area contributed by atoms with Gasteiger partial charge in [-0.1, -0.05) is 17.7 Å². The van der Waals surface area contributed by atoms with Gasteiger partial charge in [-0.2, -0.15) is 0 Å². The van der Waals surface area contributed by atoms with E-state index in [-0.39, 0.29) is 5.91 Å². The van der Waals surface area contributed by atoms with Crippen molar-refractivity contribution in [1.29, 1.82) is 0 Å². The van der Waals surface area contributed by atoms with Crippen molar-refractivity contribution < 1.29 is 13.9 Å². The molecule has 0 saturated carbocycles. The van der Waals surface area contributed by atoms with Gasteiger partial charge in [0, 0.05) is 16.8 Å². The Balaban J connectivity index is 1.96. The third-order valence-corrected chi connectivity index (χ3v) is 2.84. The zero-order valence-corrected chi connectivity index (χ0v) is 11.5. The minimum Gasteiger partial charge on any atom is -0.481 e. The summed E-state index contributed by atoms with van der Waals surface area (Å²) in [5.74, 6) is -0.423. The van der Waals surface area contributed by atoms with Gasteiger partial charge in [0.25, 0.3) is 5.91 Å². The number of amides is 1. The number of hydrogen-bond donors (Lipinski definition) is 1. The van der Waals surface area contributed by atoms with Crippen LogP contribution in [0.5, 0.6) is 5.75 Å². The van der Waals surface area contributed by atoms with Crippen molar-refractivity contribution in [2.24, 2.45) is 0 Å². The molecule has 2 rings (SSSR count). The summed E-state index contributed by atoms with van der Waals surface area (Å²) in [6.45, 7) is 1.59. The molecule has 0 spiro atoms. The first kappa shape index (κ1) is 14.3. The number of carbonyl (C=O) groups is 1. The van der Waals surface area contributed by atoms with Gasteiger partial charge >= 0.3 is 0 Å². The van der Waals surface area contributed by atoms with Crippen LogP contribution >= 0.6 is 11.6 Å². The average molecular weight is 294 g/mol. The molecule has 5 heteroatoms. The SMILES string of the molecule is CC(Oc1cccc(F)c1)C(=O)Nc1ccc(Cl)cc1. The van der Waals surface area contributed by atoms with Crippen LogP contribution in [0.1, 0.15) is 6.92 Å². The van der Waals surface area contributed by atoms with E-state index in [0.29, 0.717) is 16.5 Å². The van der Waals surface area contributed by atoms with E-state index < -0.39 is 11.9 Å². The molecule has 1 amide bonds. The van der Waals surface area contributed by atoms with E-state index in [4.69, 9.17) is 16.3 Å². The van der Waals surface area contributed by atoms with E-state index in [9.17, 15) is 9.18 Å². The number of ether oxygens (including phenoxy) is 1. The highest BCUT2D eigenvalue weighted by Gasteiger charge is 2.15. The maximum absolute atomic E-state index is 13.0. The van der Waals surface area contributed by atoms with Crippen LogP contribution in [0, 0.1) is 5.82 Å². The van der Waals surface area contributed by atoms with Crippen molar-refractivity contribution in [2.45, 2.75) is 13.0 Å². The van der Waals surface area contributed by atoms with Crippen molar-refractivity contribution in [2.75, 3.05) is 5.32 Å². The van der Waals surface area contributed by atoms with Crippen LogP contribution in [0.25, 0.3) is 0 Å². The fraction of sp³-hybridized carbons (Fsp3) is 0.133. The Kier molecular flexibility index (Phi) is 4.58. The minimum atomic E-state index is -0.743. The molecule has 2 aromatic rings. The molecule has 0 aliphatic carbocycles. The Bertz CT molecular complexity index is 601. The fourth-order valence-electron chi connectivity index (χ4n) is 1.58. The van der Waals surface area contributed by atoms with Gasteiger partial charge in [-0.15, -0.1) is 0 Å². The van der Waals surface area contributed by atoms with Crippen LogP contribution in [-0.4, -0.2) is 12.0 Å². The van der Waals surface area contributed by atoms with Crippen LogP contribution in [-0.2, 0) is 4.79 Å². The normalized spacial score (nSPS) is 11.8. The molecule has 0 bridgehead atoms. The predicted octanol–water partition coefficient (Wildman–Crippen LogP) is 3.89. The van der Waals surface area contributed by atoms with Crippen LogP contribution in [0.4, 0.5) is 10.1 Å². The molecule has 0 aliphatic rings. The molecule has 0 heterocycles. The van der Waals surface area contributed by atoms with E-state index >= 15 is 0 Å². The van der Waals surface area contributed by atoms with Gasteiger partial charge < -0.3 is 10.1 Å². The highest BCUT2D eigenvalue weighted by molar-refractivity contribution is 6.30. The molecule has 104 valence electrons. The standard InChI is InChI=1S/C15H13ClFNO2/c1-10(20-14-4-2-3-12(17)9-14)15(19)18-13-7-5-11(16)6-8-13/h2-10H,1H3,(H,18,19). The molecule has 1 unspecified atom stereocenters. The molecular formula is C15H13ClFNO2. The third kappa shape index (κ3) is 3.96. The molecule has 3 nitrogen and oxygen atoms in total. The zero-order valence-electron chi connectivity index (χ0n) is 10.8. The van der Waals surface area contributed by atoms with Gasteiger partial charge in [0.15, 0.2) is 6.10 Å². The summed E-state index contributed by atoms with van der Waals surface area (Å²) < 4.78 is 18.4. The van der Waals surface area contributed by atoms with E-state index in [2.05, 4.69) is 5.32 Å². The lowest BCUT2D eigenvalue weighted by molar-refractivity contribution is -0.122. The Morgan fingerprint density at radius 2 is 1.95 bits per heavy atom. The van der Waals surface area contributed by atoms with Gasteiger partial charge in [-0.3, -0.25) is 4.79 Å². The lowest BCUT2D eigenvalue weighted by atomic mass is 10.3. The first-order chi connectivity index (χ1) is 9.54. The van der Waals surface area contributed by atoms with Crippen LogP contribution in [0.3, 0.4) is 0 Å². The Hall–Kier alpha value is -2.07. The molecule has 2 aromatic carbocycles. The highest BCUT2D eigenvalue weighted by Crippen LogP contribution is 2.16. The summed E-state index contributed by atoms with van der Waals surface area (Å²) in [6.07, 6.45) is -0.743. The lowest BCUT2D eigenvalue weighted by Gasteiger charge is -2.14. The van der Waals surface area contributed by atoms with Gasteiger partial charge in [-0.25, -0.2) is 4.39 Å². The Morgan fingerprint density at radius 3 is 2.60 bits per heavy atom. The van der Waals surface area contributed by atoms with E-state index in [1.165, 1.54) is 18.2 Å². The molecule has 0 radical (unpaired) electrons. The number of hydrogen-bond acceptors (Lipinski definition) is 2. The van der Waals surface area contributed by atoms with Crippen LogP contribution in [0.15, 0.2) is 48.5 Å². The fourth-order valence-corrected chi connectivity index (χ4v) is 1.70. The molecule has 0 aliphatic heterocycles. The first-order valence-electron chi connectivity index (χ1n) is 6.03.